The summed E-state index contributed by atoms with van der Waals surface area (Å²) in [5.41, 5.74) is 5.66. The predicted octanol–water partition coefficient (Wildman–Crippen LogP) is 2.55. The topological polar surface area (TPSA) is 55.1 Å². The van der Waals surface area contributed by atoms with Crippen LogP contribution >= 0.6 is 11.6 Å². The summed E-state index contributed by atoms with van der Waals surface area (Å²) in [5.74, 6) is -1.04. The van der Waals surface area contributed by atoms with Gasteiger partial charge in [0.2, 0.25) is 5.91 Å². The largest absolute Gasteiger partial charge is 0.322 e. The maximum absolute atomic E-state index is 13.4. The molecule has 3 N–H and O–H groups in total. The Morgan fingerprint density at radius 1 is 1.62 bits per heavy atom. The number of nitrogens with two attached hydrogens (primary N) is 1. The summed E-state index contributed by atoms with van der Waals surface area (Å²) in [5, 5.41) is 2.39. The molecule has 0 fully saturated rings. The number of hydrogen-bond acceptors (Lipinski definition) is 2. The number of benzene rings is 1. The third kappa shape index (κ3) is 3.18. The maximum Gasteiger partial charge on any atom is 0.241 e. The minimum Gasteiger partial charge on any atom is -0.322 e. The highest BCUT2D eigenvalue weighted by molar-refractivity contribution is 6.31. The highest BCUT2D eigenvalue weighted by atomic mass is 35.5. The van der Waals surface area contributed by atoms with E-state index in [4.69, 9.17) is 17.3 Å². The lowest BCUT2D eigenvalue weighted by Crippen LogP contribution is -2.35. The molecule has 88 valence electrons. The molecule has 3 nitrogen and oxygen atoms in total. The Morgan fingerprint density at radius 3 is 2.94 bits per heavy atom. The van der Waals surface area contributed by atoms with Crippen LogP contribution in [0.25, 0.3) is 0 Å². The van der Waals surface area contributed by atoms with Crippen molar-refractivity contribution in [3.05, 3.63) is 29.0 Å². The summed E-state index contributed by atoms with van der Waals surface area (Å²) < 4.78 is 13.4. The van der Waals surface area contributed by atoms with Crippen LogP contribution in [-0.2, 0) is 4.79 Å². The maximum atomic E-state index is 13.4. The van der Waals surface area contributed by atoms with E-state index in [9.17, 15) is 9.18 Å². The van der Waals surface area contributed by atoms with Crippen molar-refractivity contribution < 1.29 is 9.18 Å². The minimum atomic E-state index is -0.638. The summed E-state index contributed by atoms with van der Waals surface area (Å²) in [6.07, 6.45) is 1.36. The van der Waals surface area contributed by atoms with Crippen LogP contribution in [0.1, 0.15) is 19.8 Å². The molecular formula is C11H14ClFN2O. The van der Waals surface area contributed by atoms with Crippen LogP contribution in [0.5, 0.6) is 0 Å². The molecule has 1 amide bonds. The lowest BCUT2D eigenvalue weighted by Gasteiger charge is -2.11. The molecule has 1 atom stereocenters. The molecule has 5 heteroatoms. The lowest BCUT2D eigenvalue weighted by atomic mass is 10.1. The van der Waals surface area contributed by atoms with E-state index in [1.807, 2.05) is 6.92 Å². The molecular weight excluding hydrogens is 231 g/mol. The number of nitrogens with one attached hydrogen (secondary N) is 1. The molecule has 0 saturated carbocycles. The van der Waals surface area contributed by atoms with Crippen molar-refractivity contribution in [2.45, 2.75) is 25.8 Å². The van der Waals surface area contributed by atoms with Gasteiger partial charge in [0, 0.05) is 0 Å². The molecule has 16 heavy (non-hydrogen) atoms. The van der Waals surface area contributed by atoms with Crippen molar-refractivity contribution >= 4 is 23.2 Å². The fourth-order valence-corrected chi connectivity index (χ4v) is 1.44. The first kappa shape index (κ1) is 12.9. The number of halogens is 2. The monoisotopic (exact) mass is 244 g/mol. The Balaban J connectivity index is 2.73. The fraction of sp³-hybridized carbons (Fsp3) is 0.364. The van der Waals surface area contributed by atoms with E-state index in [0.717, 1.165) is 6.42 Å². The van der Waals surface area contributed by atoms with Crippen LogP contribution in [0.3, 0.4) is 0 Å². The average Bonchev–Trinajstić information content (AvgIpc) is 2.25. The van der Waals surface area contributed by atoms with E-state index in [2.05, 4.69) is 5.32 Å². The second-order valence-electron chi connectivity index (χ2n) is 3.49. The molecule has 0 aliphatic carbocycles. The van der Waals surface area contributed by atoms with Crippen molar-refractivity contribution in [2.75, 3.05) is 5.32 Å². The Hall–Kier alpha value is -1.13. The third-order valence-corrected chi connectivity index (χ3v) is 2.44. The third-order valence-electron chi connectivity index (χ3n) is 2.15. The lowest BCUT2D eigenvalue weighted by molar-refractivity contribution is -0.117. The Kier molecular flexibility index (Phi) is 4.71. The van der Waals surface area contributed by atoms with Crippen molar-refractivity contribution in [3.63, 3.8) is 0 Å². The van der Waals surface area contributed by atoms with Gasteiger partial charge in [-0.1, -0.05) is 31.0 Å². The number of amides is 1. The van der Waals surface area contributed by atoms with Gasteiger partial charge in [-0.25, -0.2) is 4.39 Å². The molecule has 1 rings (SSSR count). The van der Waals surface area contributed by atoms with Gasteiger partial charge in [0.15, 0.2) is 5.82 Å². The zero-order chi connectivity index (χ0) is 12.1. The zero-order valence-electron chi connectivity index (χ0n) is 8.97. The number of rotatable bonds is 4. The summed E-state index contributed by atoms with van der Waals surface area (Å²) in [6, 6.07) is 3.80. The average molecular weight is 245 g/mol. The molecule has 0 bridgehead atoms. The smallest absolute Gasteiger partial charge is 0.241 e. The highest BCUT2D eigenvalue weighted by Gasteiger charge is 2.15. The summed E-state index contributed by atoms with van der Waals surface area (Å²) >= 11 is 5.58. The molecule has 0 aliphatic heterocycles. The molecule has 0 radical (unpaired) electrons. The number of carbonyl (C=O) groups excluding carboxylic acids is 1. The summed E-state index contributed by atoms with van der Waals surface area (Å²) in [6.45, 7) is 1.92. The van der Waals surface area contributed by atoms with Gasteiger partial charge in [-0.05, 0) is 18.6 Å². The van der Waals surface area contributed by atoms with Gasteiger partial charge in [0.1, 0.15) is 0 Å². The van der Waals surface area contributed by atoms with E-state index < -0.39 is 17.8 Å². The second-order valence-corrected chi connectivity index (χ2v) is 3.89. The first-order chi connectivity index (χ1) is 7.56. The van der Waals surface area contributed by atoms with Gasteiger partial charge in [-0.15, -0.1) is 0 Å². The van der Waals surface area contributed by atoms with Gasteiger partial charge in [-0.2, -0.15) is 0 Å². The molecule has 0 saturated heterocycles. The Labute approximate surface area is 98.8 Å². The van der Waals surface area contributed by atoms with Gasteiger partial charge >= 0.3 is 0 Å². The van der Waals surface area contributed by atoms with E-state index in [-0.39, 0.29) is 10.7 Å². The first-order valence-electron chi connectivity index (χ1n) is 5.06. The van der Waals surface area contributed by atoms with Gasteiger partial charge in [0.05, 0.1) is 16.8 Å². The molecule has 1 aromatic carbocycles. The summed E-state index contributed by atoms with van der Waals surface area (Å²) in [7, 11) is 0. The summed E-state index contributed by atoms with van der Waals surface area (Å²) in [4.78, 5) is 11.5. The van der Waals surface area contributed by atoms with Crippen molar-refractivity contribution in [1.29, 1.82) is 0 Å². The van der Waals surface area contributed by atoms with Crippen molar-refractivity contribution in [1.82, 2.24) is 0 Å². The van der Waals surface area contributed by atoms with E-state index in [1.165, 1.54) is 12.1 Å². The first-order valence-corrected chi connectivity index (χ1v) is 5.44. The van der Waals surface area contributed by atoms with Crippen molar-refractivity contribution in [3.8, 4) is 0 Å². The molecule has 1 aromatic rings. The van der Waals surface area contributed by atoms with Crippen LogP contribution in [0.2, 0.25) is 5.02 Å². The Morgan fingerprint density at radius 2 is 2.31 bits per heavy atom. The fourth-order valence-electron chi connectivity index (χ4n) is 1.27. The molecule has 0 aromatic heterocycles. The quantitative estimate of drug-likeness (QED) is 0.855. The number of hydrogen-bond donors (Lipinski definition) is 2. The number of carbonyl (C=O) groups is 1. The van der Waals surface area contributed by atoms with Crippen molar-refractivity contribution in [2.24, 2.45) is 5.73 Å². The van der Waals surface area contributed by atoms with E-state index >= 15 is 0 Å². The van der Waals surface area contributed by atoms with Crippen LogP contribution in [0, 0.1) is 5.82 Å². The van der Waals surface area contributed by atoms with Crippen LogP contribution < -0.4 is 11.1 Å². The molecule has 0 heterocycles. The van der Waals surface area contributed by atoms with Gasteiger partial charge in [0.25, 0.3) is 0 Å². The van der Waals surface area contributed by atoms with Gasteiger partial charge in [-0.3, -0.25) is 4.79 Å². The van der Waals surface area contributed by atoms with E-state index in [0.29, 0.717) is 6.42 Å². The predicted molar refractivity (Wildman–Crippen MR) is 62.9 cm³/mol. The van der Waals surface area contributed by atoms with E-state index in [1.54, 1.807) is 6.07 Å². The van der Waals surface area contributed by atoms with Crippen LogP contribution in [0.4, 0.5) is 10.1 Å². The SMILES string of the molecule is CCCC(N)C(=O)Nc1cccc(Cl)c1F. The Bertz CT molecular complexity index is 384. The second kappa shape index (κ2) is 5.82. The zero-order valence-corrected chi connectivity index (χ0v) is 9.72. The van der Waals surface area contributed by atoms with Gasteiger partial charge < -0.3 is 11.1 Å². The van der Waals surface area contributed by atoms with Crippen LogP contribution in [0.15, 0.2) is 18.2 Å². The molecule has 0 aliphatic rings. The number of anilines is 1. The molecule has 1 unspecified atom stereocenters. The molecule has 0 spiro atoms. The standard InChI is InChI=1S/C11H14ClFN2O/c1-2-4-8(14)11(16)15-9-6-3-5-7(12)10(9)13/h3,5-6,8H,2,4,14H2,1H3,(H,15,16). The normalized spacial score (nSPS) is 12.2. The van der Waals surface area contributed by atoms with Crippen LogP contribution in [-0.4, -0.2) is 11.9 Å². The minimum absolute atomic E-state index is 0.0261. The highest BCUT2D eigenvalue weighted by Crippen LogP contribution is 2.22.